The van der Waals surface area contributed by atoms with Gasteiger partial charge in [0.25, 0.3) is 0 Å². The molecule has 2 aromatic rings. The van der Waals surface area contributed by atoms with Gasteiger partial charge < -0.3 is 24.3 Å². The van der Waals surface area contributed by atoms with Gasteiger partial charge in [-0.05, 0) is 61.7 Å². The molecule has 1 N–H and O–H groups in total. The maximum Gasteiger partial charge on any atom is 0.335 e. The summed E-state index contributed by atoms with van der Waals surface area (Å²) >= 11 is 1.54. The zero-order chi connectivity index (χ0) is 27.6. The summed E-state index contributed by atoms with van der Waals surface area (Å²) in [5, 5.41) is 12.7. The summed E-state index contributed by atoms with van der Waals surface area (Å²) in [4.78, 5) is 27.8. The summed E-state index contributed by atoms with van der Waals surface area (Å²) in [6, 6.07) is 13.7. The van der Waals surface area contributed by atoms with E-state index in [2.05, 4.69) is 17.3 Å². The number of nitrogens with zero attached hydrogens (tertiary/aromatic N) is 2. The topological polar surface area (TPSA) is 97.7 Å². The number of allylic oxidation sites excluding steroid dienone is 4. The number of benzene rings is 2. The van der Waals surface area contributed by atoms with Crippen LogP contribution in [0.3, 0.4) is 0 Å². The zero-order valence-electron chi connectivity index (χ0n) is 22.2. The summed E-state index contributed by atoms with van der Waals surface area (Å²) in [6.45, 7) is 5.12. The lowest BCUT2D eigenvalue weighted by atomic mass is 9.91. The van der Waals surface area contributed by atoms with E-state index in [0.717, 1.165) is 21.7 Å². The fourth-order valence-electron chi connectivity index (χ4n) is 4.57. The number of thioether (sulfide) groups is 1. The maximum absolute atomic E-state index is 12.8. The number of anilines is 1. The molecule has 9 heteroatoms. The first-order chi connectivity index (χ1) is 19.0. The van der Waals surface area contributed by atoms with Crippen molar-refractivity contribution in [3.63, 3.8) is 0 Å². The van der Waals surface area contributed by atoms with Gasteiger partial charge in [0.2, 0.25) is 5.91 Å². The van der Waals surface area contributed by atoms with E-state index in [1.165, 1.54) is 0 Å². The monoisotopic (exact) mass is 550 g/mol. The first-order valence-electron chi connectivity index (χ1n) is 13.1. The molecule has 0 bridgehead atoms. The van der Waals surface area contributed by atoms with Gasteiger partial charge in [-0.25, -0.2) is 4.79 Å². The van der Waals surface area contributed by atoms with Gasteiger partial charge in [0, 0.05) is 23.8 Å². The van der Waals surface area contributed by atoms with Crippen LogP contribution < -0.4 is 9.64 Å². The van der Waals surface area contributed by atoms with Crippen molar-refractivity contribution in [3.05, 3.63) is 77.9 Å². The number of carbonyl (C=O) groups is 2. The minimum atomic E-state index is -0.636. The van der Waals surface area contributed by atoms with Crippen LogP contribution in [0.15, 0.2) is 76.8 Å². The molecule has 2 aromatic carbocycles. The van der Waals surface area contributed by atoms with E-state index in [0.29, 0.717) is 56.4 Å². The third kappa shape index (κ3) is 7.52. The van der Waals surface area contributed by atoms with Crippen molar-refractivity contribution in [2.75, 3.05) is 37.0 Å². The van der Waals surface area contributed by atoms with Gasteiger partial charge in [0.1, 0.15) is 12.4 Å². The van der Waals surface area contributed by atoms with Crippen LogP contribution in [0.4, 0.5) is 5.69 Å². The van der Waals surface area contributed by atoms with Gasteiger partial charge in [0.05, 0.1) is 30.3 Å². The maximum atomic E-state index is 12.8. The van der Waals surface area contributed by atoms with Gasteiger partial charge >= 0.3 is 5.97 Å². The Hall–Kier alpha value is -3.56. The number of carbonyl (C=O) groups excluding carboxylic acids is 2. The van der Waals surface area contributed by atoms with Gasteiger partial charge in [-0.2, -0.15) is 0 Å². The Bertz CT molecular complexity index is 1240. The number of fused-ring (bicyclic) bond motifs is 1. The van der Waals surface area contributed by atoms with Crippen molar-refractivity contribution in [1.29, 1.82) is 0 Å². The van der Waals surface area contributed by atoms with Crippen LogP contribution in [-0.2, 0) is 31.9 Å². The predicted octanol–water partition coefficient (Wildman–Crippen LogP) is 4.83. The molecule has 1 amide bonds. The Labute approximate surface area is 233 Å². The van der Waals surface area contributed by atoms with Crippen molar-refractivity contribution in [2.24, 2.45) is 11.1 Å². The molecule has 1 aliphatic carbocycles. The molecule has 1 aliphatic heterocycles. The molecule has 0 saturated carbocycles. The standard InChI is InChI=1S/C30H34N2O6S/c1-3-36-27(30(34)37-4-2)19-21-9-12-24(13-10-21)38-16-15-32-26-18-22(11-14-28(26)39-20-29(32)33)17-23-7-5-6-8-25(23)31-35/h5-14,18,23,27,35H,3-4,15-17,19-20H2,1-2H3. The van der Waals surface area contributed by atoms with E-state index >= 15 is 0 Å². The highest BCUT2D eigenvalue weighted by Gasteiger charge is 2.26. The molecule has 1 heterocycles. The Morgan fingerprint density at radius 2 is 1.92 bits per heavy atom. The average molecular weight is 551 g/mol. The minimum Gasteiger partial charge on any atom is -0.492 e. The lowest BCUT2D eigenvalue weighted by Crippen LogP contribution is -2.38. The summed E-state index contributed by atoms with van der Waals surface area (Å²) in [5.74, 6) is 0.735. The molecule has 0 spiro atoms. The quantitative estimate of drug-likeness (QED) is 0.230. The van der Waals surface area contributed by atoms with Gasteiger partial charge in [-0.1, -0.05) is 41.6 Å². The van der Waals surface area contributed by atoms with Crippen LogP contribution >= 0.6 is 11.8 Å². The second kappa shape index (κ2) is 14.0. The molecule has 2 unspecified atom stereocenters. The number of ether oxygens (including phenoxy) is 3. The highest BCUT2D eigenvalue weighted by molar-refractivity contribution is 8.00. The lowest BCUT2D eigenvalue weighted by Gasteiger charge is -2.29. The van der Waals surface area contributed by atoms with Crippen LogP contribution in [-0.4, -0.2) is 61.0 Å². The minimum absolute atomic E-state index is 0.0224. The second-order valence-corrected chi connectivity index (χ2v) is 10.1. The van der Waals surface area contributed by atoms with Crippen LogP contribution in [0.25, 0.3) is 0 Å². The fraction of sp³-hybridized carbons (Fsp3) is 0.367. The molecule has 0 saturated heterocycles. The lowest BCUT2D eigenvalue weighted by molar-refractivity contribution is -0.156. The SMILES string of the molecule is CCOC(=O)C(Cc1ccc(OCCN2C(=O)CSc3ccc(CC4C=CC=CC4=NO)cc32)cc1)OCC. The van der Waals surface area contributed by atoms with E-state index in [1.54, 1.807) is 29.7 Å². The summed E-state index contributed by atoms with van der Waals surface area (Å²) in [6.07, 6.45) is 8.07. The van der Waals surface area contributed by atoms with Crippen molar-refractivity contribution >= 4 is 35.0 Å². The third-order valence-corrected chi connectivity index (χ3v) is 7.53. The normalized spacial score (nSPS) is 18.2. The molecule has 0 aromatic heterocycles. The van der Waals surface area contributed by atoms with Gasteiger partial charge in [0.15, 0.2) is 6.10 Å². The highest BCUT2D eigenvalue weighted by Crippen LogP contribution is 2.36. The third-order valence-electron chi connectivity index (χ3n) is 6.48. The molecule has 0 radical (unpaired) electrons. The van der Waals surface area contributed by atoms with E-state index in [1.807, 2.05) is 55.5 Å². The smallest absolute Gasteiger partial charge is 0.335 e. The molecular weight excluding hydrogens is 516 g/mol. The Kier molecular flexibility index (Phi) is 10.2. The molecule has 2 atom stereocenters. The number of hydrogen-bond donors (Lipinski definition) is 1. The molecular formula is C30H34N2O6S. The summed E-state index contributed by atoms with van der Waals surface area (Å²) < 4.78 is 16.6. The van der Waals surface area contributed by atoms with E-state index in [9.17, 15) is 14.8 Å². The van der Waals surface area contributed by atoms with Crippen LogP contribution in [0.5, 0.6) is 5.75 Å². The number of amides is 1. The van der Waals surface area contributed by atoms with E-state index < -0.39 is 6.10 Å². The number of oxime groups is 1. The summed E-state index contributed by atoms with van der Waals surface area (Å²) in [5.41, 5.74) is 3.50. The summed E-state index contributed by atoms with van der Waals surface area (Å²) in [7, 11) is 0. The van der Waals surface area contributed by atoms with Gasteiger partial charge in [-0.15, -0.1) is 11.8 Å². The Morgan fingerprint density at radius 3 is 2.67 bits per heavy atom. The average Bonchev–Trinajstić information content (AvgIpc) is 2.95. The molecule has 0 fully saturated rings. The Morgan fingerprint density at radius 1 is 1.13 bits per heavy atom. The Balaban J connectivity index is 1.36. The molecule has 8 nitrogen and oxygen atoms in total. The fourth-order valence-corrected chi connectivity index (χ4v) is 5.48. The molecule has 206 valence electrons. The second-order valence-electron chi connectivity index (χ2n) is 9.11. The molecule has 4 rings (SSSR count). The predicted molar refractivity (Wildman–Crippen MR) is 152 cm³/mol. The van der Waals surface area contributed by atoms with Crippen LogP contribution in [0, 0.1) is 5.92 Å². The van der Waals surface area contributed by atoms with E-state index in [-0.39, 0.29) is 17.8 Å². The van der Waals surface area contributed by atoms with Crippen molar-refractivity contribution in [2.45, 2.75) is 37.7 Å². The first-order valence-corrected chi connectivity index (χ1v) is 14.1. The molecule has 2 aliphatic rings. The molecule has 39 heavy (non-hydrogen) atoms. The van der Waals surface area contributed by atoms with Gasteiger partial charge in [-0.3, -0.25) is 4.79 Å². The zero-order valence-corrected chi connectivity index (χ0v) is 23.1. The van der Waals surface area contributed by atoms with Crippen molar-refractivity contribution < 1.29 is 29.0 Å². The first kappa shape index (κ1) is 28.4. The van der Waals surface area contributed by atoms with Crippen LogP contribution in [0.1, 0.15) is 25.0 Å². The van der Waals surface area contributed by atoms with Crippen molar-refractivity contribution in [3.8, 4) is 5.75 Å². The van der Waals surface area contributed by atoms with Crippen LogP contribution in [0.2, 0.25) is 0 Å². The number of esters is 1. The number of rotatable bonds is 12. The number of hydrogen-bond acceptors (Lipinski definition) is 8. The van der Waals surface area contributed by atoms with E-state index in [4.69, 9.17) is 14.2 Å². The van der Waals surface area contributed by atoms with Crippen molar-refractivity contribution in [1.82, 2.24) is 0 Å². The highest BCUT2D eigenvalue weighted by atomic mass is 32.2. The largest absolute Gasteiger partial charge is 0.492 e.